The van der Waals surface area contributed by atoms with E-state index >= 15 is 0 Å². The molecule has 17 heavy (non-hydrogen) atoms. The summed E-state index contributed by atoms with van der Waals surface area (Å²) < 4.78 is 0. The summed E-state index contributed by atoms with van der Waals surface area (Å²) in [7, 11) is 1.79. The van der Waals surface area contributed by atoms with Crippen molar-refractivity contribution in [3.05, 3.63) is 48.0 Å². The van der Waals surface area contributed by atoms with Crippen LogP contribution in [0.3, 0.4) is 0 Å². The van der Waals surface area contributed by atoms with Gasteiger partial charge in [-0.2, -0.15) is 0 Å². The maximum absolute atomic E-state index is 11.1. The van der Waals surface area contributed by atoms with Crippen LogP contribution in [0, 0.1) is 0 Å². The van der Waals surface area contributed by atoms with Crippen molar-refractivity contribution in [2.45, 2.75) is 6.42 Å². The Morgan fingerprint density at radius 3 is 2.65 bits per heavy atom. The number of nitrogens with zero attached hydrogens (tertiary/aromatic N) is 1. The molecule has 1 amide bonds. The topological polar surface area (TPSA) is 20.3 Å². The Bertz CT molecular complexity index is 533. The summed E-state index contributed by atoms with van der Waals surface area (Å²) in [6.07, 6.45) is 0.870. The van der Waals surface area contributed by atoms with Gasteiger partial charge in [-0.25, -0.2) is 0 Å². The van der Waals surface area contributed by atoms with Gasteiger partial charge in [-0.1, -0.05) is 42.5 Å². The fourth-order valence-corrected chi connectivity index (χ4v) is 2.06. The minimum atomic E-state index is -0.0715. The van der Waals surface area contributed by atoms with Crippen LogP contribution in [0.1, 0.15) is 5.56 Å². The van der Waals surface area contributed by atoms with Crippen molar-refractivity contribution in [3.63, 3.8) is 0 Å². The number of hydrogen-bond donors (Lipinski definition) is 0. The van der Waals surface area contributed by atoms with Crippen molar-refractivity contribution >= 4 is 31.5 Å². The predicted molar refractivity (Wildman–Crippen MR) is 74.6 cm³/mol. The normalized spacial score (nSPS) is 10.5. The van der Waals surface area contributed by atoms with E-state index in [1.54, 1.807) is 11.9 Å². The molecule has 0 aromatic heterocycles. The van der Waals surface area contributed by atoms with Crippen LogP contribution in [-0.4, -0.2) is 23.3 Å². The standard InChI is InChI=1S/C14H14BrNO/c1-16(14(15)17)10-9-12-7-4-6-11-5-2-3-8-13(11)12/h2-8H,9-10H2,1H3. The Balaban J connectivity index is 2.21. The second kappa shape index (κ2) is 5.32. The molecule has 2 rings (SSSR count). The van der Waals surface area contributed by atoms with Gasteiger partial charge in [0.2, 0.25) is 0 Å². The van der Waals surface area contributed by atoms with Crippen LogP contribution in [0.2, 0.25) is 0 Å². The van der Waals surface area contributed by atoms with Crippen molar-refractivity contribution in [2.75, 3.05) is 13.6 Å². The Morgan fingerprint density at radius 2 is 1.88 bits per heavy atom. The van der Waals surface area contributed by atoms with Gasteiger partial charge in [0, 0.05) is 29.5 Å². The number of likely N-dealkylation sites (N-methyl/N-ethyl adjacent to an activating group) is 1. The predicted octanol–water partition coefficient (Wildman–Crippen LogP) is 3.83. The summed E-state index contributed by atoms with van der Waals surface area (Å²) in [5.41, 5.74) is 1.28. The Morgan fingerprint density at radius 1 is 1.18 bits per heavy atom. The van der Waals surface area contributed by atoms with Gasteiger partial charge in [0.25, 0.3) is 4.82 Å². The summed E-state index contributed by atoms with van der Waals surface area (Å²) in [5, 5.41) is 2.52. The summed E-state index contributed by atoms with van der Waals surface area (Å²) in [4.78, 5) is 12.7. The first-order valence-electron chi connectivity index (χ1n) is 5.56. The van der Waals surface area contributed by atoms with Crippen LogP contribution in [0.5, 0.6) is 0 Å². The van der Waals surface area contributed by atoms with Crippen LogP contribution in [-0.2, 0) is 6.42 Å². The lowest BCUT2D eigenvalue weighted by Gasteiger charge is -2.14. The van der Waals surface area contributed by atoms with E-state index in [1.807, 2.05) is 12.1 Å². The van der Waals surface area contributed by atoms with Gasteiger partial charge < -0.3 is 4.90 Å². The molecule has 0 radical (unpaired) electrons. The average molecular weight is 292 g/mol. The number of amides is 1. The van der Waals surface area contributed by atoms with E-state index < -0.39 is 0 Å². The summed E-state index contributed by atoms with van der Waals surface area (Å²) in [5.74, 6) is 0. The Hall–Kier alpha value is -1.35. The molecule has 88 valence electrons. The van der Waals surface area contributed by atoms with Crippen LogP contribution in [0.25, 0.3) is 10.8 Å². The second-order valence-electron chi connectivity index (χ2n) is 4.06. The van der Waals surface area contributed by atoms with Crippen molar-refractivity contribution in [1.82, 2.24) is 4.90 Å². The highest BCUT2D eigenvalue weighted by Crippen LogP contribution is 2.19. The van der Waals surface area contributed by atoms with Crippen LogP contribution in [0.15, 0.2) is 42.5 Å². The minimum Gasteiger partial charge on any atom is -0.336 e. The first-order chi connectivity index (χ1) is 8.18. The van der Waals surface area contributed by atoms with E-state index in [0.29, 0.717) is 0 Å². The number of carbonyl (C=O) groups is 1. The lowest BCUT2D eigenvalue weighted by atomic mass is 10.0. The fraction of sp³-hybridized carbons (Fsp3) is 0.214. The molecule has 0 aliphatic carbocycles. The maximum Gasteiger partial charge on any atom is 0.289 e. The van der Waals surface area contributed by atoms with Gasteiger partial charge in [0.1, 0.15) is 0 Å². The number of fused-ring (bicyclic) bond motifs is 1. The molecule has 0 N–H and O–H groups in total. The zero-order valence-corrected chi connectivity index (χ0v) is 11.3. The lowest BCUT2D eigenvalue weighted by molar-refractivity contribution is 0.235. The highest BCUT2D eigenvalue weighted by molar-refractivity contribution is 9.18. The van der Waals surface area contributed by atoms with Gasteiger partial charge in [-0.05, 0) is 22.8 Å². The molecule has 3 heteroatoms. The highest BCUT2D eigenvalue weighted by Gasteiger charge is 2.05. The molecular weight excluding hydrogens is 278 g/mol. The van der Waals surface area contributed by atoms with Crippen molar-refractivity contribution in [2.24, 2.45) is 0 Å². The molecule has 2 aromatic carbocycles. The Labute approximate surface area is 109 Å². The number of halogens is 1. The van der Waals surface area contributed by atoms with E-state index in [1.165, 1.54) is 16.3 Å². The van der Waals surface area contributed by atoms with Gasteiger partial charge >= 0.3 is 0 Å². The molecule has 0 aliphatic heterocycles. The molecule has 0 saturated carbocycles. The minimum absolute atomic E-state index is 0.0715. The number of hydrogen-bond acceptors (Lipinski definition) is 1. The summed E-state index contributed by atoms with van der Waals surface area (Å²) in [6, 6.07) is 14.6. The number of benzene rings is 2. The van der Waals surface area contributed by atoms with Crippen LogP contribution >= 0.6 is 15.9 Å². The SMILES string of the molecule is CN(CCc1cccc2ccccc12)C(=O)Br. The number of rotatable bonds is 3. The quantitative estimate of drug-likeness (QED) is 0.622. The molecule has 0 spiro atoms. The molecule has 0 atom stereocenters. The van der Waals surface area contributed by atoms with E-state index in [0.717, 1.165) is 13.0 Å². The monoisotopic (exact) mass is 291 g/mol. The third-order valence-corrected chi connectivity index (χ3v) is 3.50. The molecule has 2 nitrogen and oxygen atoms in total. The highest BCUT2D eigenvalue weighted by atomic mass is 79.9. The molecule has 0 heterocycles. The van der Waals surface area contributed by atoms with Crippen molar-refractivity contribution in [3.8, 4) is 0 Å². The third kappa shape index (κ3) is 2.86. The van der Waals surface area contributed by atoms with Crippen molar-refractivity contribution in [1.29, 1.82) is 0 Å². The van der Waals surface area contributed by atoms with E-state index in [2.05, 4.69) is 46.3 Å². The zero-order valence-electron chi connectivity index (χ0n) is 9.69. The van der Waals surface area contributed by atoms with Crippen LogP contribution in [0.4, 0.5) is 4.79 Å². The average Bonchev–Trinajstić information content (AvgIpc) is 2.35. The van der Waals surface area contributed by atoms with Gasteiger partial charge in [-0.15, -0.1) is 0 Å². The zero-order chi connectivity index (χ0) is 12.3. The van der Waals surface area contributed by atoms with Gasteiger partial charge in [0.15, 0.2) is 0 Å². The molecular formula is C14H14BrNO. The summed E-state index contributed by atoms with van der Waals surface area (Å²) >= 11 is 2.95. The van der Waals surface area contributed by atoms with E-state index in [4.69, 9.17) is 0 Å². The first kappa shape index (κ1) is 12.1. The molecule has 0 aliphatic rings. The van der Waals surface area contributed by atoms with Gasteiger partial charge in [0.05, 0.1) is 0 Å². The van der Waals surface area contributed by atoms with E-state index in [9.17, 15) is 4.79 Å². The van der Waals surface area contributed by atoms with E-state index in [-0.39, 0.29) is 4.82 Å². The smallest absolute Gasteiger partial charge is 0.289 e. The Kier molecular flexibility index (Phi) is 3.79. The number of carbonyl (C=O) groups excluding carboxylic acids is 1. The van der Waals surface area contributed by atoms with Crippen LogP contribution < -0.4 is 0 Å². The third-order valence-electron chi connectivity index (χ3n) is 2.90. The molecule has 2 aromatic rings. The first-order valence-corrected chi connectivity index (χ1v) is 6.35. The maximum atomic E-state index is 11.1. The lowest BCUT2D eigenvalue weighted by Crippen LogP contribution is -2.23. The largest absolute Gasteiger partial charge is 0.336 e. The van der Waals surface area contributed by atoms with Crippen molar-refractivity contribution < 1.29 is 4.79 Å². The molecule has 0 unspecified atom stereocenters. The molecule has 0 saturated heterocycles. The second-order valence-corrected chi connectivity index (χ2v) is 4.74. The fourth-order valence-electron chi connectivity index (χ4n) is 1.89. The van der Waals surface area contributed by atoms with Gasteiger partial charge in [-0.3, -0.25) is 4.79 Å². The molecule has 0 bridgehead atoms. The summed E-state index contributed by atoms with van der Waals surface area (Å²) in [6.45, 7) is 0.720. The molecule has 0 fully saturated rings.